The molecule has 1 aromatic carbocycles. The van der Waals surface area contributed by atoms with Crippen LogP contribution in [0, 0.1) is 6.92 Å². The number of anilines is 2. The zero-order valence-corrected chi connectivity index (χ0v) is 13.2. The monoisotopic (exact) mass is 323 g/mol. The van der Waals surface area contributed by atoms with Crippen LogP contribution in [0.1, 0.15) is 5.69 Å². The summed E-state index contributed by atoms with van der Waals surface area (Å²) in [5, 5.41) is 3.86. The van der Waals surface area contributed by atoms with Crippen LogP contribution in [0.5, 0.6) is 5.75 Å². The van der Waals surface area contributed by atoms with Crippen LogP contribution in [-0.4, -0.2) is 28.1 Å². The molecule has 0 amide bonds. The van der Waals surface area contributed by atoms with Gasteiger partial charge in [0.2, 0.25) is 0 Å². The lowest BCUT2D eigenvalue weighted by molar-refractivity contribution is -0.131. The topological polar surface area (TPSA) is 64.1 Å². The van der Waals surface area contributed by atoms with E-state index in [1.165, 1.54) is 11.8 Å². The summed E-state index contributed by atoms with van der Waals surface area (Å²) >= 11 is 6.89. The number of carbonyl (C=O) groups is 1. The average Bonchev–Trinajstić information content (AvgIpc) is 2.46. The predicted octanol–water partition coefficient (Wildman–Crippen LogP) is 3.39. The average molecular weight is 324 g/mol. The Morgan fingerprint density at radius 3 is 2.90 bits per heavy atom. The van der Waals surface area contributed by atoms with Crippen LogP contribution in [0.15, 0.2) is 35.5 Å². The lowest BCUT2D eigenvalue weighted by Crippen LogP contribution is -2.08. The van der Waals surface area contributed by atoms with E-state index < -0.39 is 5.97 Å². The van der Waals surface area contributed by atoms with Crippen LogP contribution in [0.25, 0.3) is 0 Å². The molecular weight excluding hydrogens is 310 g/mol. The molecular formula is C14H14ClN3O2S. The first-order valence-corrected chi connectivity index (χ1v) is 7.90. The molecule has 21 heavy (non-hydrogen) atoms. The smallest absolute Gasteiger partial charge is 0.326 e. The molecule has 1 aromatic heterocycles. The van der Waals surface area contributed by atoms with Gasteiger partial charge in [0.15, 0.2) is 5.16 Å². The first-order chi connectivity index (χ1) is 10.1. The van der Waals surface area contributed by atoms with Gasteiger partial charge in [-0.05, 0) is 25.3 Å². The highest BCUT2D eigenvalue weighted by atomic mass is 35.5. The molecule has 1 N–H and O–H groups in total. The third-order valence-electron chi connectivity index (χ3n) is 2.46. The number of halogens is 1. The number of carbonyl (C=O) groups excluding carboxylic acids is 1. The number of benzene rings is 1. The summed E-state index contributed by atoms with van der Waals surface area (Å²) in [6, 6.07) is 8.88. The fourth-order valence-electron chi connectivity index (χ4n) is 1.64. The van der Waals surface area contributed by atoms with Crippen molar-refractivity contribution < 1.29 is 9.53 Å². The number of alkyl halides is 1. The molecule has 0 bridgehead atoms. The number of nitrogens with zero attached hydrogens (tertiary/aromatic N) is 2. The summed E-state index contributed by atoms with van der Waals surface area (Å²) in [6.07, 6.45) is 1.92. The maximum atomic E-state index is 11.2. The lowest BCUT2D eigenvalue weighted by atomic mass is 10.3. The standard InChI is InChI=1S/C14H14ClN3O2S/c1-9-6-12(18-14(16-9)21-2)17-10-4-3-5-11(7-10)20-13(19)8-15/h3-7H,8H2,1-2H3,(H,16,17,18). The number of hydrogen-bond acceptors (Lipinski definition) is 6. The maximum Gasteiger partial charge on any atom is 0.326 e. The van der Waals surface area contributed by atoms with E-state index in [1.807, 2.05) is 25.3 Å². The Kier molecular flexibility index (Phi) is 5.41. The lowest BCUT2D eigenvalue weighted by Gasteiger charge is -2.09. The Balaban J connectivity index is 2.17. The van der Waals surface area contributed by atoms with E-state index in [2.05, 4.69) is 15.3 Å². The second-order valence-electron chi connectivity index (χ2n) is 4.14. The van der Waals surface area contributed by atoms with Gasteiger partial charge in [-0.2, -0.15) is 0 Å². The van der Waals surface area contributed by atoms with E-state index in [9.17, 15) is 4.79 Å². The highest BCUT2D eigenvalue weighted by molar-refractivity contribution is 7.98. The third kappa shape index (κ3) is 4.61. The van der Waals surface area contributed by atoms with Crippen molar-refractivity contribution in [3.05, 3.63) is 36.0 Å². The molecule has 0 saturated heterocycles. The van der Waals surface area contributed by atoms with Gasteiger partial charge in [0.25, 0.3) is 0 Å². The minimum absolute atomic E-state index is 0.181. The van der Waals surface area contributed by atoms with Crippen LogP contribution >= 0.6 is 23.4 Å². The molecule has 0 aliphatic carbocycles. The molecule has 0 fully saturated rings. The van der Waals surface area contributed by atoms with Crippen LogP contribution in [0.4, 0.5) is 11.5 Å². The highest BCUT2D eigenvalue weighted by Crippen LogP contribution is 2.22. The van der Waals surface area contributed by atoms with Crippen LogP contribution in [0.3, 0.4) is 0 Å². The molecule has 7 heteroatoms. The first kappa shape index (κ1) is 15.6. The number of esters is 1. The zero-order valence-electron chi connectivity index (χ0n) is 11.6. The van der Waals surface area contributed by atoms with Gasteiger partial charge in [0.1, 0.15) is 17.4 Å². The van der Waals surface area contributed by atoms with E-state index in [0.29, 0.717) is 16.7 Å². The summed E-state index contributed by atoms with van der Waals surface area (Å²) < 4.78 is 5.06. The van der Waals surface area contributed by atoms with Crippen molar-refractivity contribution in [1.29, 1.82) is 0 Å². The maximum absolute atomic E-state index is 11.2. The minimum Gasteiger partial charge on any atom is -0.426 e. The summed E-state index contributed by atoms with van der Waals surface area (Å²) in [6.45, 7) is 1.91. The summed E-state index contributed by atoms with van der Waals surface area (Å²) in [5.41, 5.74) is 1.64. The van der Waals surface area contributed by atoms with Gasteiger partial charge in [-0.1, -0.05) is 17.8 Å². The number of ether oxygens (including phenoxy) is 1. The van der Waals surface area contributed by atoms with Crippen molar-refractivity contribution in [2.24, 2.45) is 0 Å². The number of hydrogen-bond donors (Lipinski definition) is 1. The van der Waals surface area contributed by atoms with Crippen molar-refractivity contribution in [3.63, 3.8) is 0 Å². The molecule has 0 aliphatic rings. The molecule has 1 heterocycles. The highest BCUT2D eigenvalue weighted by Gasteiger charge is 2.05. The van der Waals surface area contributed by atoms with Crippen molar-refractivity contribution in [2.45, 2.75) is 12.1 Å². The SMILES string of the molecule is CSc1nc(C)cc(Nc2cccc(OC(=O)CCl)c2)n1. The van der Waals surface area contributed by atoms with Gasteiger partial charge in [-0.3, -0.25) is 4.79 Å². The molecule has 0 spiro atoms. The van der Waals surface area contributed by atoms with Crippen LogP contribution in [0.2, 0.25) is 0 Å². The van der Waals surface area contributed by atoms with Crippen molar-refractivity contribution >= 4 is 40.8 Å². The quantitative estimate of drug-likeness (QED) is 0.299. The number of thioether (sulfide) groups is 1. The van der Waals surface area contributed by atoms with E-state index in [-0.39, 0.29) is 5.88 Å². The zero-order chi connectivity index (χ0) is 15.2. The van der Waals surface area contributed by atoms with E-state index in [0.717, 1.165) is 11.4 Å². The fraction of sp³-hybridized carbons (Fsp3) is 0.214. The van der Waals surface area contributed by atoms with Crippen molar-refractivity contribution in [3.8, 4) is 5.75 Å². The van der Waals surface area contributed by atoms with E-state index in [4.69, 9.17) is 16.3 Å². The molecule has 110 valence electrons. The second kappa shape index (κ2) is 7.28. The molecule has 0 atom stereocenters. The summed E-state index contributed by atoms with van der Waals surface area (Å²) in [7, 11) is 0. The molecule has 2 rings (SSSR count). The predicted molar refractivity (Wildman–Crippen MR) is 84.6 cm³/mol. The van der Waals surface area contributed by atoms with E-state index in [1.54, 1.807) is 18.2 Å². The number of rotatable bonds is 5. The summed E-state index contributed by atoms with van der Waals surface area (Å²) in [5.74, 6) is 0.449. The van der Waals surface area contributed by atoms with Gasteiger partial charge < -0.3 is 10.1 Å². The Morgan fingerprint density at radius 1 is 1.38 bits per heavy atom. The summed E-state index contributed by atoms with van der Waals surface area (Å²) in [4.78, 5) is 19.8. The van der Waals surface area contributed by atoms with Crippen molar-refractivity contribution in [2.75, 3.05) is 17.5 Å². The Morgan fingerprint density at radius 2 is 2.19 bits per heavy atom. The number of nitrogens with one attached hydrogen (secondary N) is 1. The molecule has 2 aromatic rings. The first-order valence-electron chi connectivity index (χ1n) is 6.14. The van der Waals surface area contributed by atoms with E-state index >= 15 is 0 Å². The van der Waals surface area contributed by atoms with Gasteiger partial charge in [-0.25, -0.2) is 9.97 Å². The Hall–Kier alpha value is -1.79. The minimum atomic E-state index is -0.489. The molecule has 5 nitrogen and oxygen atoms in total. The molecule has 0 saturated carbocycles. The van der Waals surface area contributed by atoms with Gasteiger partial charge in [0, 0.05) is 23.5 Å². The Labute approximate surface area is 132 Å². The van der Waals surface area contributed by atoms with Gasteiger partial charge in [0.05, 0.1) is 0 Å². The van der Waals surface area contributed by atoms with Crippen LogP contribution < -0.4 is 10.1 Å². The van der Waals surface area contributed by atoms with Gasteiger partial charge in [-0.15, -0.1) is 11.6 Å². The molecule has 0 unspecified atom stereocenters. The third-order valence-corrected chi connectivity index (χ3v) is 3.23. The molecule has 0 radical (unpaired) electrons. The normalized spacial score (nSPS) is 10.2. The van der Waals surface area contributed by atoms with Gasteiger partial charge >= 0.3 is 5.97 Å². The second-order valence-corrected chi connectivity index (χ2v) is 5.18. The number of aryl methyl sites for hydroxylation is 1. The van der Waals surface area contributed by atoms with Crippen molar-refractivity contribution in [1.82, 2.24) is 9.97 Å². The Bertz CT molecular complexity index is 652. The van der Waals surface area contributed by atoms with Crippen LogP contribution in [-0.2, 0) is 4.79 Å². The largest absolute Gasteiger partial charge is 0.426 e. The fourth-order valence-corrected chi connectivity index (χ4v) is 2.12. The number of aromatic nitrogens is 2. The molecule has 0 aliphatic heterocycles.